The van der Waals surface area contributed by atoms with Gasteiger partial charge in [-0.3, -0.25) is 0 Å². The second kappa shape index (κ2) is 6.23. The van der Waals surface area contributed by atoms with Crippen LogP contribution in [0.4, 0.5) is 0 Å². The fraction of sp³-hybridized carbons (Fsp3) is 0.412. The van der Waals surface area contributed by atoms with Crippen LogP contribution in [-0.4, -0.2) is 36.7 Å². The lowest BCUT2D eigenvalue weighted by atomic mass is 10.2. The van der Waals surface area contributed by atoms with E-state index in [0.29, 0.717) is 32.0 Å². The van der Waals surface area contributed by atoms with Crippen LogP contribution in [-0.2, 0) is 16.8 Å². The quantitative estimate of drug-likeness (QED) is 0.855. The fourth-order valence-corrected chi connectivity index (χ4v) is 5.22. The minimum atomic E-state index is -3.58. The molecular formula is C17H20N2O4S. The van der Waals surface area contributed by atoms with E-state index in [-0.39, 0.29) is 6.04 Å². The number of hydrogen-bond donors (Lipinski definition) is 0. The molecule has 0 aliphatic carbocycles. The molecule has 2 aromatic rings. The molecule has 128 valence electrons. The van der Waals surface area contributed by atoms with E-state index in [1.165, 1.54) is 4.31 Å². The number of rotatable bonds is 3. The maximum Gasteiger partial charge on any atom is 0.283 e. The van der Waals surface area contributed by atoms with Gasteiger partial charge < -0.3 is 9.15 Å². The van der Waals surface area contributed by atoms with Crippen molar-refractivity contribution in [3.05, 3.63) is 54.0 Å². The first-order chi connectivity index (χ1) is 11.7. The number of furan rings is 1. The van der Waals surface area contributed by atoms with Gasteiger partial charge in [-0.25, -0.2) is 0 Å². The van der Waals surface area contributed by atoms with Crippen molar-refractivity contribution in [1.82, 2.24) is 8.61 Å². The first kappa shape index (κ1) is 15.7. The summed E-state index contributed by atoms with van der Waals surface area (Å²) in [5.74, 6) is 1.47. The number of benzene rings is 1. The highest BCUT2D eigenvalue weighted by Crippen LogP contribution is 2.36. The molecule has 0 unspecified atom stereocenters. The molecule has 1 aromatic heterocycles. The average Bonchev–Trinajstić information content (AvgIpc) is 3.21. The third kappa shape index (κ3) is 2.72. The third-order valence-corrected chi connectivity index (χ3v) is 6.61. The molecule has 1 atom stereocenters. The Morgan fingerprint density at radius 2 is 1.96 bits per heavy atom. The van der Waals surface area contributed by atoms with Crippen LogP contribution in [0, 0.1) is 0 Å². The van der Waals surface area contributed by atoms with Gasteiger partial charge >= 0.3 is 0 Å². The number of ether oxygens (including phenoxy) is 1. The lowest BCUT2D eigenvalue weighted by Crippen LogP contribution is -2.43. The molecule has 0 bridgehead atoms. The summed E-state index contributed by atoms with van der Waals surface area (Å²) >= 11 is 0. The predicted octanol–water partition coefficient (Wildman–Crippen LogP) is 2.56. The number of fused-ring (bicyclic) bond motifs is 1. The van der Waals surface area contributed by atoms with Gasteiger partial charge in [0.2, 0.25) is 0 Å². The zero-order chi connectivity index (χ0) is 16.6. The lowest BCUT2D eigenvalue weighted by Gasteiger charge is -2.29. The van der Waals surface area contributed by atoms with E-state index in [1.807, 2.05) is 30.3 Å². The smallest absolute Gasteiger partial charge is 0.283 e. The van der Waals surface area contributed by atoms with E-state index in [1.54, 1.807) is 16.6 Å². The Morgan fingerprint density at radius 3 is 2.79 bits per heavy atom. The van der Waals surface area contributed by atoms with Crippen molar-refractivity contribution < 1.29 is 17.6 Å². The molecule has 1 saturated heterocycles. The van der Waals surface area contributed by atoms with Crippen LogP contribution >= 0.6 is 0 Å². The standard InChI is InChI=1S/C17H20N2O4S/c20-24(21,19-9-3-6-15(19)17-8-4-11-22-17)18-10-12-23-16-7-2-1-5-14(16)13-18/h1-2,4-5,7-8,11,15H,3,6,9-10,12-13H2/t15-/m0/s1. The summed E-state index contributed by atoms with van der Waals surface area (Å²) in [4.78, 5) is 0. The van der Waals surface area contributed by atoms with E-state index in [9.17, 15) is 8.42 Å². The first-order valence-corrected chi connectivity index (χ1v) is 9.57. The zero-order valence-corrected chi connectivity index (χ0v) is 14.1. The monoisotopic (exact) mass is 348 g/mol. The third-order valence-electron chi connectivity index (χ3n) is 4.62. The van der Waals surface area contributed by atoms with E-state index >= 15 is 0 Å². The van der Waals surface area contributed by atoms with Gasteiger partial charge in [-0.15, -0.1) is 0 Å². The normalized spacial score (nSPS) is 22.8. The molecule has 7 heteroatoms. The summed E-state index contributed by atoms with van der Waals surface area (Å²) in [6.45, 7) is 1.56. The summed E-state index contributed by atoms with van der Waals surface area (Å²) in [5, 5.41) is 0. The molecule has 6 nitrogen and oxygen atoms in total. The average molecular weight is 348 g/mol. The van der Waals surface area contributed by atoms with Crippen LogP contribution in [0.5, 0.6) is 5.75 Å². The van der Waals surface area contributed by atoms with Crippen molar-refractivity contribution in [3.63, 3.8) is 0 Å². The van der Waals surface area contributed by atoms with E-state index in [0.717, 1.165) is 24.2 Å². The van der Waals surface area contributed by atoms with Gasteiger partial charge in [-0.1, -0.05) is 18.2 Å². The van der Waals surface area contributed by atoms with Gasteiger partial charge in [0.25, 0.3) is 10.2 Å². The minimum Gasteiger partial charge on any atom is -0.492 e. The van der Waals surface area contributed by atoms with Crippen molar-refractivity contribution in [3.8, 4) is 5.75 Å². The van der Waals surface area contributed by atoms with Crippen molar-refractivity contribution in [2.24, 2.45) is 0 Å². The Hall–Kier alpha value is -1.83. The highest BCUT2D eigenvalue weighted by Gasteiger charge is 2.40. The highest BCUT2D eigenvalue weighted by molar-refractivity contribution is 7.86. The topological polar surface area (TPSA) is 63.0 Å². The molecule has 0 N–H and O–H groups in total. The van der Waals surface area contributed by atoms with Gasteiger partial charge in [0.05, 0.1) is 12.3 Å². The predicted molar refractivity (Wildman–Crippen MR) is 88.7 cm³/mol. The molecule has 0 saturated carbocycles. The molecule has 0 spiro atoms. The van der Waals surface area contributed by atoms with Gasteiger partial charge in [-0.2, -0.15) is 17.0 Å². The number of nitrogens with zero attached hydrogens (tertiary/aromatic N) is 2. The van der Waals surface area contributed by atoms with Gasteiger partial charge in [0, 0.05) is 25.2 Å². The second-order valence-corrected chi connectivity index (χ2v) is 7.96. The zero-order valence-electron chi connectivity index (χ0n) is 13.3. The summed E-state index contributed by atoms with van der Waals surface area (Å²) in [5.41, 5.74) is 0.896. The van der Waals surface area contributed by atoms with Crippen LogP contribution in [0.3, 0.4) is 0 Å². The Balaban J connectivity index is 1.62. The van der Waals surface area contributed by atoms with Crippen molar-refractivity contribution in [2.75, 3.05) is 19.7 Å². The van der Waals surface area contributed by atoms with Crippen LogP contribution in [0.1, 0.15) is 30.2 Å². The molecule has 1 fully saturated rings. The van der Waals surface area contributed by atoms with Crippen LogP contribution < -0.4 is 4.74 Å². The maximum atomic E-state index is 13.2. The Morgan fingerprint density at radius 1 is 1.08 bits per heavy atom. The highest BCUT2D eigenvalue weighted by atomic mass is 32.2. The minimum absolute atomic E-state index is 0.218. The van der Waals surface area contributed by atoms with Crippen molar-refractivity contribution in [2.45, 2.75) is 25.4 Å². The largest absolute Gasteiger partial charge is 0.492 e. The molecule has 2 aliphatic heterocycles. The van der Waals surface area contributed by atoms with Gasteiger partial charge in [0.1, 0.15) is 18.1 Å². The molecule has 2 aliphatic rings. The van der Waals surface area contributed by atoms with E-state index in [4.69, 9.17) is 9.15 Å². The van der Waals surface area contributed by atoms with E-state index in [2.05, 4.69) is 0 Å². The molecule has 0 amide bonds. The van der Waals surface area contributed by atoms with E-state index < -0.39 is 10.2 Å². The SMILES string of the molecule is O=S(=O)(N1CCOc2ccccc2C1)N1CCC[C@H]1c1ccco1. The second-order valence-electron chi connectivity index (χ2n) is 6.08. The summed E-state index contributed by atoms with van der Waals surface area (Å²) in [6.07, 6.45) is 3.22. The maximum absolute atomic E-state index is 13.2. The summed E-state index contributed by atoms with van der Waals surface area (Å²) in [6, 6.07) is 11.0. The number of hydrogen-bond acceptors (Lipinski definition) is 4. The molecule has 1 aromatic carbocycles. The fourth-order valence-electron chi connectivity index (χ4n) is 3.43. The molecular weight excluding hydrogens is 328 g/mol. The Bertz CT molecular complexity index is 804. The van der Waals surface area contributed by atoms with Gasteiger partial charge in [0.15, 0.2) is 0 Å². The van der Waals surface area contributed by atoms with Crippen molar-refractivity contribution in [1.29, 1.82) is 0 Å². The summed E-state index contributed by atoms with van der Waals surface area (Å²) < 4.78 is 40.7. The van der Waals surface area contributed by atoms with Crippen molar-refractivity contribution >= 4 is 10.2 Å². The lowest BCUT2D eigenvalue weighted by molar-refractivity contribution is 0.268. The first-order valence-electron chi connectivity index (χ1n) is 8.17. The Labute approximate surface area is 141 Å². The van der Waals surface area contributed by atoms with Crippen LogP contribution in [0.25, 0.3) is 0 Å². The molecule has 4 rings (SSSR count). The molecule has 0 radical (unpaired) electrons. The Kier molecular flexibility index (Phi) is 4.07. The molecule has 24 heavy (non-hydrogen) atoms. The number of para-hydroxylation sites is 1. The van der Waals surface area contributed by atoms with Gasteiger partial charge in [-0.05, 0) is 31.0 Å². The van der Waals surface area contributed by atoms with Crippen LogP contribution in [0.2, 0.25) is 0 Å². The summed E-state index contributed by atoms with van der Waals surface area (Å²) in [7, 11) is -3.58. The molecule has 3 heterocycles. The van der Waals surface area contributed by atoms with Crippen LogP contribution in [0.15, 0.2) is 47.1 Å².